The zero-order valence-electron chi connectivity index (χ0n) is 10.8. The van der Waals surface area contributed by atoms with Gasteiger partial charge < -0.3 is 9.94 Å². The van der Waals surface area contributed by atoms with Crippen LogP contribution in [0.1, 0.15) is 16.7 Å². The van der Waals surface area contributed by atoms with Crippen LogP contribution in [0.25, 0.3) is 0 Å². The van der Waals surface area contributed by atoms with Gasteiger partial charge in [0.2, 0.25) is 0 Å². The number of ether oxygens (including phenoxy) is 1. The molecule has 2 aromatic rings. The number of nitrogens with zero attached hydrogens (tertiary/aromatic N) is 1. The molecule has 20 heavy (non-hydrogen) atoms. The van der Waals surface area contributed by atoms with E-state index in [9.17, 15) is 0 Å². The first-order valence-electron chi connectivity index (χ1n) is 5.95. The minimum absolute atomic E-state index is 0.491. The molecule has 0 saturated heterocycles. The normalized spacial score (nSPS) is 10.9. The SMILES string of the molecule is Cc1ccc(COc2c(Br)cc(/C=N\O)cc2Br)cc1. The second-order valence-corrected chi connectivity index (χ2v) is 6.04. The van der Waals surface area contributed by atoms with Crippen molar-refractivity contribution in [1.29, 1.82) is 0 Å². The maximum Gasteiger partial charge on any atom is 0.148 e. The third-order valence-electron chi connectivity index (χ3n) is 2.73. The van der Waals surface area contributed by atoms with Crippen LogP contribution in [0.15, 0.2) is 50.5 Å². The molecule has 0 atom stereocenters. The number of oxime groups is 1. The number of hydrogen-bond acceptors (Lipinski definition) is 3. The predicted octanol–water partition coefficient (Wildman–Crippen LogP) is 4.91. The van der Waals surface area contributed by atoms with Crippen LogP contribution in [0.2, 0.25) is 0 Å². The molecule has 0 aliphatic carbocycles. The molecule has 0 spiro atoms. The lowest BCUT2D eigenvalue weighted by Crippen LogP contribution is -1.97. The fourth-order valence-electron chi connectivity index (χ4n) is 1.70. The standard InChI is InChI=1S/C15H13Br2NO2/c1-10-2-4-11(5-3-10)9-20-15-13(16)6-12(8-18-19)7-14(15)17/h2-8,19H,9H2,1H3/b18-8-. The van der Waals surface area contributed by atoms with E-state index in [-0.39, 0.29) is 0 Å². The summed E-state index contributed by atoms with van der Waals surface area (Å²) in [6.07, 6.45) is 1.36. The van der Waals surface area contributed by atoms with E-state index in [1.807, 2.05) is 24.3 Å². The Kier molecular flexibility index (Phi) is 5.20. The van der Waals surface area contributed by atoms with Crippen molar-refractivity contribution in [2.24, 2.45) is 5.16 Å². The maximum absolute atomic E-state index is 8.55. The highest BCUT2D eigenvalue weighted by molar-refractivity contribution is 9.11. The van der Waals surface area contributed by atoms with Crippen LogP contribution >= 0.6 is 31.9 Å². The number of hydrogen-bond donors (Lipinski definition) is 1. The molecule has 0 bridgehead atoms. The number of rotatable bonds is 4. The molecule has 104 valence electrons. The molecule has 2 rings (SSSR count). The molecule has 0 aromatic heterocycles. The average Bonchev–Trinajstić information content (AvgIpc) is 2.40. The number of benzene rings is 2. The van der Waals surface area contributed by atoms with Crippen molar-refractivity contribution in [3.63, 3.8) is 0 Å². The zero-order valence-corrected chi connectivity index (χ0v) is 14.0. The van der Waals surface area contributed by atoms with Gasteiger partial charge in [0, 0.05) is 0 Å². The van der Waals surface area contributed by atoms with E-state index >= 15 is 0 Å². The van der Waals surface area contributed by atoms with Gasteiger partial charge in [-0.15, -0.1) is 0 Å². The minimum Gasteiger partial charge on any atom is -0.487 e. The van der Waals surface area contributed by atoms with Crippen LogP contribution in [-0.2, 0) is 6.61 Å². The summed E-state index contributed by atoms with van der Waals surface area (Å²) in [5, 5.41) is 11.6. The Balaban J connectivity index is 2.15. The predicted molar refractivity (Wildman–Crippen MR) is 86.7 cm³/mol. The summed E-state index contributed by atoms with van der Waals surface area (Å²) in [6.45, 7) is 2.55. The van der Waals surface area contributed by atoms with Crippen molar-refractivity contribution < 1.29 is 9.94 Å². The fraction of sp³-hybridized carbons (Fsp3) is 0.133. The van der Waals surface area contributed by atoms with Crippen molar-refractivity contribution in [1.82, 2.24) is 0 Å². The lowest BCUT2D eigenvalue weighted by Gasteiger charge is -2.11. The van der Waals surface area contributed by atoms with E-state index in [1.165, 1.54) is 11.8 Å². The van der Waals surface area contributed by atoms with Gasteiger partial charge in [-0.3, -0.25) is 0 Å². The smallest absolute Gasteiger partial charge is 0.148 e. The van der Waals surface area contributed by atoms with Crippen LogP contribution in [0, 0.1) is 6.92 Å². The molecule has 1 N–H and O–H groups in total. The van der Waals surface area contributed by atoms with Crippen molar-refractivity contribution in [3.8, 4) is 5.75 Å². The van der Waals surface area contributed by atoms with E-state index in [2.05, 4.69) is 56.1 Å². The molecule has 0 amide bonds. The Morgan fingerprint density at radius 3 is 2.30 bits per heavy atom. The van der Waals surface area contributed by atoms with Gasteiger partial charge in [-0.05, 0) is 62.0 Å². The van der Waals surface area contributed by atoms with Gasteiger partial charge >= 0.3 is 0 Å². The molecule has 0 radical (unpaired) electrons. The number of aryl methyl sites for hydroxylation is 1. The molecule has 3 nitrogen and oxygen atoms in total. The summed E-state index contributed by atoms with van der Waals surface area (Å²) in [7, 11) is 0. The molecule has 2 aromatic carbocycles. The quantitative estimate of drug-likeness (QED) is 0.451. The molecular formula is C15H13Br2NO2. The molecule has 0 unspecified atom stereocenters. The summed E-state index contributed by atoms with van der Waals surface area (Å²) in [6, 6.07) is 11.9. The van der Waals surface area contributed by atoms with Crippen molar-refractivity contribution in [3.05, 3.63) is 62.0 Å². The maximum atomic E-state index is 8.55. The largest absolute Gasteiger partial charge is 0.487 e. The van der Waals surface area contributed by atoms with Crippen molar-refractivity contribution >= 4 is 38.1 Å². The fourth-order valence-corrected chi connectivity index (χ4v) is 3.15. The van der Waals surface area contributed by atoms with Gasteiger partial charge in [0.25, 0.3) is 0 Å². The topological polar surface area (TPSA) is 41.8 Å². The third kappa shape index (κ3) is 3.84. The molecule has 0 aliphatic rings. The highest BCUT2D eigenvalue weighted by Gasteiger charge is 2.09. The Morgan fingerprint density at radius 1 is 1.15 bits per heavy atom. The highest BCUT2D eigenvalue weighted by atomic mass is 79.9. The molecular weight excluding hydrogens is 386 g/mol. The van der Waals surface area contributed by atoms with Crippen molar-refractivity contribution in [2.75, 3.05) is 0 Å². The highest BCUT2D eigenvalue weighted by Crippen LogP contribution is 2.35. The van der Waals surface area contributed by atoms with E-state index in [0.29, 0.717) is 6.61 Å². The van der Waals surface area contributed by atoms with E-state index in [1.54, 1.807) is 0 Å². The average molecular weight is 399 g/mol. The van der Waals surface area contributed by atoms with Gasteiger partial charge in [0.15, 0.2) is 0 Å². The van der Waals surface area contributed by atoms with Gasteiger partial charge in [-0.25, -0.2) is 0 Å². The molecule has 0 aliphatic heterocycles. The summed E-state index contributed by atoms with van der Waals surface area (Å²) in [5.41, 5.74) is 3.10. The van der Waals surface area contributed by atoms with Crippen molar-refractivity contribution in [2.45, 2.75) is 13.5 Å². The van der Waals surface area contributed by atoms with Gasteiger partial charge in [-0.2, -0.15) is 0 Å². The zero-order chi connectivity index (χ0) is 14.5. The lowest BCUT2D eigenvalue weighted by atomic mass is 10.2. The van der Waals surface area contributed by atoms with E-state index in [4.69, 9.17) is 9.94 Å². The first kappa shape index (κ1) is 15.1. The van der Waals surface area contributed by atoms with Crippen LogP contribution in [0.3, 0.4) is 0 Å². The summed E-state index contributed by atoms with van der Waals surface area (Å²) in [4.78, 5) is 0. The summed E-state index contributed by atoms with van der Waals surface area (Å²) >= 11 is 6.91. The van der Waals surface area contributed by atoms with Crippen LogP contribution in [-0.4, -0.2) is 11.4 Å². The van der Waals surface area contributed by atoms with Gasteiger partial charge in [0.1, 0.15) is 12.4 Å². The van der Waals surface area contributed by atoms with Gasteiger partial charge in [-0.1, -0.05) is 35.0 Å². The van der Waals surface area contributed by atoms with Gasteiger partial charge in [0.05, 0.1) is 15.2 Å². The van der Waals surface area contributed by atoms with Crippen LogP contribution < -0.4 is 4.74 Å². The van der Waals surface area contributed by atoms with Crippen LogP contribution in [0.4, 0.5) is 0 Å². The summed E-state index contributed by atoms with van der Waals surface area (Å²) in [5.74, 6) is 0.723. The molecule has 0 fully saturated rings. The minimum atomic E-state index is 0.491. The lowest BCUT2D eigenvalue weighted by molar-refractivity contribution is 0.302. The molecule has 0 heterocycles. The first-order chi connectivity index (χ1) is 9.60. The second-order valence-electron chi connectivity index (χ2n) is 4.33. The third-order valence-corrected chi connectivity index (χ3v) is 3.91. The Bertz CT molecular complexity index is 601. The van der Waals surface area contributed by atoms with E-state index < -0.39 is 0 Å². The molecule has 5 heteroatoms. The summed E-state index contributed by atoms with van der Waals surface area (Å²) < 4.78 is 7.43. The molecule has 0 saturated carbocycles. The monoisotopic (exact) mass is 397 g/mol. The van der Waals surface area contributed by atoms with E-state index in [0.717, 1.165) is 25.8 Å². The Hall–Kier alpha value is -1.33. The van der Waals surface area contributed by atoms with Crippen LogP contribution in [0.5, 0.6) is 5.75 Å². The second kappa shape index (κ2) is 6.90. The number of halogens is 2. The Morgan fingerprint density at radius 2 is 1.75 bits per heavy atom. The Labute approximate surface area is 134 Å². The first-order valence-corrected chi connectivity index (χ1v) is 7.53.